The van der Waals surface area contributed by atoms with Crippen molar-refractivity contribution in [3.05, 3.63) is 18.2 Å². The molecule has 0 unspecified atom stereocenters. The Kier molecular flexibility index (Phi) is 3.23. The summed E-state index contributed by atoms with van der Waals surface area (Å²) in [6.07, 6.45) is 0. The fourth-order valence-electron chi connectivity index (χ4n) is 1.37. The van der Waals surface area contributed by atoms with Gasteiger partial charge in [-0.05, 0) is 19.1 Å². The zero-order valence-corrected chi connectivity index (χ0v) is 10.4. The van der Waals surface area contributed by atoms with Crippen LogP contribution in [0.3, 0.4) is 0 Å². The molecule has 1 heterocycles. The second kappa shape index (κ2) is 4.67. The lowest BCUT2D eigenvalue weighted by molar-refractivity contribution is -0.117. The number of fused-ring (bicyclic) bond motifs is 1. The normalized spacial score (nSPS) is 12.6. The van der Waals surface area contributed by atoms with Crippen LogP contribution in [0.5, 0.6) is 5.75 Å². The van der Waals surface area contributed by atoms with E-state index in [4.69, 9.17) is 10.5 Å². The molecule has 90 valence electrons. The van der Waals surface area contributed by atoms with Gasteiger partial charge in [0.15, 0.2) is 5.16 Å². The summed E-state index contributed by atoms with van der Waals surface area (Å²) < 4.78 is 5.12. The van der Waals surface area contributed by atoms with Crippen molar-refractivity contribution < 1.29 is 9.53 Å². The van der Waals surface area contributed by atoms with Gasteiger partial charge in [0.25, 0.3) is 0 Å². The molecule has 3 N–H and O–H groups in total. The first kappa shape index (κ1) is 11.8. The zero-order valence-electron chi connectivity index (χ0n) is 9.56. The number of aromatic amines is 1. The van der Waals surface area contributed by atoms with Crippen LogP contribution >= 0.6 is 11.8 Å². The van der Waals surface area contributed by atoms with Crippen LogP contribution in [0.15, 0.2) is 23.4 Å². The number of nitrogens with zero attached hydrogens (tertiary/aromatic N) is 1. The number of carbonyl (C=O) groups excluding carboxylic acids is 1. The Balaban J connectivity index is 2.28. The van der Waals surface area contributed by atoms with Crippen LogP contribution in [0.25, 0.3) is 11.0 Å². The largest absolute Gasteiger partial charge is 0.497 e. The number of carbonyl (C=O) groups is 1. The SMILES string of the molecule is COc1ccc2nc(S[C@H](C)C(N)=O)[nH]c2c1. The van der Waals surface area contributed by atoms with E-state index >= 15 is 0 Å². The zero-order chi connectivity index (χ0) is 12.4. The summed E-state index contributed by atoms with van der Waals surface area (Å²) in [6.45, 7) is 1.75. The lowest BCUT2D eigenvalue weighted by atomic mass is 10.3. The smallest absolute Gasteiger partial charge is 0.230 e. The van der Waals surface area contributed by atoms with E-state index in [1.807, 2.05) is 18.2 Å². The molecule has 5 nitrogen and oxygen atoms in total. The minimum atomic E-state index is -0.354. The molecule has 2 rings (SSSR count). The highest BCUT2D eigenvalue weighted by atomic mass is 32.2. The molecule has 6 heteroatoms. The predicted octanol–water partition coefficient (Wildman–Crippen LogP) is 1.54. The van der Waals surface area contributed by atoms with E-state index in [0.29, 0.717) is 5.16 Å². The third-order valence-electron chi connectivity index (χ3n) is 2.36. The predicted molar refractivity (Wildman–Crippen MR) is 67.2 cm³/mol. The van der Waals surface area contributed by atoms with Crippen molar-refractivity contribution >= 4 is 28.7 Å². The molecular formula is C11H13N3O2S. The number of benzene rings is 1. The van der Waals surface area contributed by atoms with Gasteiger partial charge in [0.2, 0.25) is 5.91 Å². The monoisotopic (exact) mass is 251 g/mol. The van der Waals surface area contributed by atoms with E-state index in [-0.39, 0.29) is 11.2 Å². The number of imidazole rings is 1. The van der Waals surface area contributed by atoms with Crippen LogP contribution in [-0.2, 0) is 4.79 Å². The molecule has 0 fully saturated rings. The fraction of sp³-hybridized carbons (Fsp3) is 0.273. The summed E-state index contributed by atoms with van der Waals surface area (Å²) in [7, 11) is 1.61. The summed E-state index contributed by atoms with van der Waals surface area (Å²) in [5, 5.41) is 0.372. The van der Waals surface area contributed by atoms with E-state index in [1.165, 1.54) is 11.8 Å². The molecule has 0 aliphatic heterocycles. The highest BCUT2D eigenvalue weighted by Crippen LogP contribution is 2.25. The number of hydrogen-bond acceptors (Lipinski definition) is 4. The molecule has 0 aliphatic carbocycles. The first-order valence-corrected chi connectivity index (χ1v) is 5.98. The molecule has 0 saturated heterocycles. The first-order valence-electron chi connectivity index (χ1n) is 5.10. The van der Waals surface area contributed by atoms with Gasteiger partial charge < -0.3 is 15.5 Å². The summed E-state index contributed by atoms with van der Waals surface area (Å²) in [4.78, 5) is 18.4. The number of ether oxygens (including phenoxy) is 1. The summed E-state index contributed by atoms with van der Waals surface area (Å²) >= 11 is 1.31. The number of nitrogens with two attached hydrogens (primary N) is 1. The lowest BCUT2D eigenvalue weighted by Gasteiger charge is -2.02. The maximum absolute atomic E-state index is 11.0. The van der Waals surface area contributed by atoms with Crippen molar-refractivity contribution in [1.29, 1.82) is 0 Å². The number of aromatic nitrogens is 2. The van der Waals surface area contributed by atoms with Gasteiger partial charge in [-0.2, -0.15) is 0 Å². The molecule has 0 radical (unpaired) electrons. The molecule has 0 bridgehead atoms. The van der Waals surface area contributed by atoms with Crippen LogP contribution < -0.4 is 10.5 Å². The highest BCUT2D eigenvalue weighted by Gasteiger charge is 2.13. The first-order chi connectivity index (χ1) is 8.10. The van der Waals surface area contributed by atoms with E-state index in [9.17, 15) is 4.79 Å². The molecule has 17 heavy (non-hydrogen) atoms. The fourth-order valence-corrected chi connectivity index (χ4v) is 2.14. The minimum Gasteiger partial charge on any atom is -0.497 e. The Bertz CT molecular complexity index is 553. The third-order valence-corrected chi connectivity index (χ3v) is 3.36. The average molecular weight is 251 g/mol. The highest BCUT2D eigenvalue weighted by molar-refractivity contribution is 8.00. The number of primary amides is 1. The number of thioether (sulfide) groups is 1. The summed E-state index contributed by atoms with van der Waals surface area (Å²) in [5.74, 6) is 0.411. The molecule has 1 atom stereocenters. The van der Waals surface area contributed by atoms with Gasteiger partial charge in [-0.3, -0.25) is 4.79 Å². The molecule has 1 aromatic carbocycles. The van der Waals surface area contributed by atoms with Crippen molar-refractivity contribution in [1.82, 2.24) is 9.97 Å². The number of rotatable bonds is 4. The number of H-pyrrole nitrogens is 1. The van der Waals surface area contributed by atoms with Crippen LogP contribution in [0, 0.1) is 0 Å². The topological polar surface area (TPSA) is 81.0 Å². The van der Waals surface area contributed by atoms with Crippen molar-refractivity contribution in [2.24, 2.45) is 5.73 Å². The Morgan fingerprint density at radius 2 is 2.35 bits per heavy atom. The van der Waals surface area contributed by atoms with Gasteiger partial charge in [-0.15, -0.1) is 0 Å². The number of methoxy groups -OCH3 is 1. The van der Waals surface area contributed by atoms with E-state index in [0.717, 1.165) is 16.8 Å². The summed E-state index contributed by atoms with van der Waals surface area (Å²) in [5.41, 5.74) is 6.92. The Morgan fingerprint density at radius 3 is 3.00 bits per heavy atom. The van der Waals surface area contributed by atoms with Gasteiger partial charge >= 0.3 is 0 Å². The van der Waals surface area contributed by atoms with Gasteiger partial charge in [0.1, 0.15) is 5.75 Å². The molecule has 1 aromatic heterocycles. The van der Waals surface area contributed by atoms with E-state index in [2.05, 4.69) is 9.97 Å². The maximum Gasteiger partial charge on any atom is 0.230 e. The summed E-state index contributed by atoms with van der Waals surface area (Å²) in [6, 6.07) is 5.57. The van der Waals surface area contributed by atoms with Gasteiger partial charge in [-0.25, -0.2) is 4.98 Å². The van der Waals surface area contributed by atoms with Crippen molar-refractivity contribution in [3.63, 3.8) is 0 Å². The molecular weight excluding hydrogens is 238 g/mol. The van der Waals surface area contributed by atoms with Crippen LogP contribution in [0.4, 0.5) is 0 Å². The molecule has 0 saturated carbocycles. The molecule has 2 aromatic rings. The maximum atomic E-state index is 11.0. The quantitative estimate of drug-likeness (QED) is 0.808. The Hall–Kier alpha value is -1.69. The average Bonchev–Trinajstić information content (AvgIpc) is 2.69. The molecule has 0 aliphatic rings. The van der Waals surface area contributed by atoms with Crippen LogP contribution in [-0.4, -0.2) is 28.2 Å². The van der Waals surface area contributed by atoms with E-state index < -0.39 is 0 Å². The Labute approximate surface area is 103 Å². The minimum absolute atomic E-state index is 0.308. The Morgan fingerprint density at radius 1 is 1.59 bits per heavy atom. The standard InChI is InChI=1S/C11H13N3O2S/c1-6(10(12)15)17-11-13-8-4-3-7(16-2)5-9(8)14-11/h3-6H,1-2H3,(H2,12,15)(H,13,14)/t6-/m1/s1. The third kappa shape index (κ3) is 2.52. The number of hydrogen-bond donors (Lipinski definition) is 2. The number of nitrogens with one attached hydrogen (secondary N) is 1. The second-order valence-corrected chi connectivity index (χ2v) is 4.92. The van der Waals surface area contributed by atoms with Crippen LogP contribution in [0.1, 0.15) is 6.92 Å². The van der Waals surface area contributed by atoms with Crippen molar-refractivity contribution in [2.45, 2.75) is 17.3 Å². The van der Waals surface area contributed by atoms with Crippen molar-refractivity contribution in [2.75, 3.05) is 7.11 Å². The number of amides is 1. The van der Waals surface area contributed by atoms with Gasteiger partial charge in [0, 0.05) is 6.07 Å². The van der Waals surface area contributed by atoms with Crippen LogP contribution in [0.2, 0.25) is 0 Å². The second-order valence-electron chi connectivity index (χ2n) is 3.59. The van der Waals surface area contributed by atoms with Gasteiger partial charge in [0.05, 0.1) is 23.4 Å². The van der Waals surface area contributed by atoms with Crippen molar-refractivity contribution in [3.8, 4) is 5.75 Å². The van der Waals surface area contributed by atoms with Gasteiger partial charge in [-0.1, -0.05) is 11.8 Å². The lowest BCUT2D eigenvalue weighted by Crippen LogP contribution is -2.22. The molecule has 1 amide bonds. The molecule has 0 spiro atoms. The van der Waals surface area contributed by atoms with E-state index in [1.54, 1.807) is 14.0 Å².